The first kappa shape index (κ1) is 14.3. The number of nitrogens with two attached hydrogens (primary N) is 1. The first-order chi connectivity index (χ1) is 8.94. The summed E-state index contributed by atoms with van der Waals surface area (Å²) in [6, 6.07) is 2.65. The lowest BCUT2D eigenvalue weighted by atomic mass is 9.75. The number of pyridine rings is 1. The van der Waals surface area contributed by atoms with Crippen LogP contribution >= 0.6 is 0 Å². The Balaban J connectivity index is 2.16. The molecule has 1 aromatic heterocycles. The van der Waals surface area contributed by atoms with E-state index in [0.717, 1.165) is 5.82 Å². The van der Waals surface area contributed by atoms with Crippen molar-refractivity contribution in [1.82, 2.24) is 4.98 Å². The molecule has 1 aliphatic carbocycles. The van der Waals surface area contributed by atoms with E-state index < -0.39 is 0 Å². The molecule has 0 aliphatic heterocycles. The van der Waals surface area contributed by atoms with Crippen LogP contribution < -0.4 is 10.6 Å². The lowest BCUT2D eigenvalue weighted by Crippen LogP contribution is -2.38. The maximum atomic E-state index is 5.90. The van der Waals surface area contributed by atoms with Crippen LogP contribution in [0.5, 0.6) is 0 Å². The zero-order valence-corrected chi connectivity index (χ0v) is 12.7. The molecule has 0 atom stereocenters. The second-order valence-electron chi connectivity index (χ2n) is 6.64. The molecule has 1 aromatic rings. The third-order valence-electron chi connectivity index (χ3n) is 4.66. The molecule has 1 saturated carbocycles. The zero-order valence-electron chi connectivity index (χ0n) is 12.7. The predicted octanol–water partition coefficient (Wildman–Crippen LogP) is 3.25. The Bertz CT molecular complexity index is 430. The van der Waals surface area contributed by atoms with E-state index in [0.29, 0.717) is 18.0 Å². The van der Waals surface area contributed by atoms with E-state index >= 15 is 0 Å². The zero-order chi connectivity index (χ0) is 14.0. The highest BCUT2D eigenvalue weighted by Gasteiger charge is 2.29. The van der Waals surface area contributed by atoms with E-state index in [9.17, 15) is 0 Å². The monoisotopic (exact) mass is 261 g/mol. The van der Waals surface area contributed by atoms with Crippen molar-refractivity contribution in [3.05, 3.63) is 23.4 Å². The number of hydrogen-bond donors (Lipinski definition) is 1. The van der Waals surface area contributed by atoms with Crippen LogP contribution in [0.2, 0.25) is 0 Å². The van der Waals surface area contributed by atoms with E-state index in [2.05, 4.69) is 37.7 Å². The van der Waals surface area contributed by atoms with E-state index in [4.69, 9.17) is 5.73 Å². The van der Waals surface area contributed by atoms with E-state index in [1.54, 1.807) is 0 Å². The summed E-state index contributed by atoms with van der Waals surface area (Å²) in [6.07, 6.45) is 7.00. The van der Waals surface area contributed by atoms with Crippen LogP contribution in [0.25, 0.3) is 0 Å². The number of anilines is 1. The molecule has 1 fully saturated rings. The number of rotatable bonds is 3. The van der Waals surface area contributed by atoms with Crippen LogP contribution in [0.1, 0.15) is 50.7 Å². The van der Waals surface area contributed by atoms with Crippen LogP contribution in [0.15, 0.2) is 12.3 Å². The second-order valence-corrected chi connectivity index (χ2v) is 6.64. The van der Waals surface area contributed by atoms with E-state index in [1.165, 1.54) is 36.8 Å². The van der Waals surface area contributed by atoms with Gasteiger partial charge in [-0.25, -0.2) is 4.98 Å². The molecule has 2 rings (SSSR count). The third-order valence-corrected chi connectivity index (χ3v) is 4.66. The van der Waals surface area contributed by atoms with Gasteiger partial charge in [-0.05, 0) is 49.7 Å². The van der Waals surface area contributed by atoms with Gasteiger partial charge in [-0.2, -0.15) is 0 Å². The molecule has 3 nitrogen and oxygen atoms in total. The fraction of sp³-hybridized carbons (Fsp3) is 0.688. The molecule has 0 aromatic carbocycles. The first-order valence-corrected chi connectivity index (χ1v) is 7.32. The Morgan fingerprint density at radius 2 is 2.00 bits per heavy atom. The van der Waals surface area contributed by atoms with Gasteiger partial charge in [-0.1, -0.05) is 13.8 Å². The van der Waals surface area contributed by atoms with Gasteiger partial charge in [0.05, 0.1) is 0 Å². The number of aromatic nitrogens is 1. The molecule has 0 amide bonds. The predicted molar refractivity (Wildman–Crippen MR) is 81.3 cm³/mol. The average molecular weight is 261 g/mol. The number of hydrogen-bond acceptors (Lipinski definition) is 3. The summed E-state index contributed by atoms with van der Waals surface area (Å²) in [5.74, 6) is 1.08. The van der Waals surface area contributed by atoms with Gasteiger partial charge in [-0.15, -0.1) is 0 Å². The van der Waals surface area contributed by atoms with Crippen LogP contribution in [-0.2, 0) is 6.54 Å². The maximum Gasteiger partial charge on any atom is 0.133 e. The normalized spacial score (nSPS) is 19.4. The Morgan fingerprint density at radius 3 is 2.58 bits per heavy atom. The minimum atomic E-state index is 0.508. The van der Waals surface area contributed by atoms with Crippen molar-refractivity contribution >= 4 is 5.82 Å². The molecule has 0 radical (unpaired) electrons. The highest BCUT2D eigenvalue weighted by Crippen LogP contribution is 2.38. The van der Waals surface area contributed by atoms with Crippen molar-refractivity contribution in [3.8, 4) is 0 Å². The van der Waals surface area contributed by atoms with Gasteiger partial charge < -0.3 is 10.6 Å². The molecule has 1 heterocycles. The summed E-state index contributed by atoms with van der Waals surface area (Å²) in [7, 11) is 2.17. The fourth-order valence-corrected chi connectivity index (χ4v) is 3.08. The molecular weight excluding hydrogens is 234 g/mol. The first-order valence-electron chi connectivity index (χ1n) is 7.32. The lowest BCUT2D eigenvalue weighted by molar-refractivity contribution is 0.222. The second kappa shape index (κ2) is 5.49. The Morgan fingerprint density at radius 1 is 1.37 bits per heavy atom. The molecule has 2 N–H and O–H groups in total. The topological polar surface area (TPSA) is 42.2 Å². The van der Waals surface area contributed by atoms with Gasteiger partial charge in [0, 0.05) is 31.4 Å². The van der Waals surface area contributed by atoms with Crippen molar-refractivity contribution in [2.24, 2.45) is 11.1 Å². The van der Waals surface area contributed by atoms with Gasteiger partial charge in [0.15, 0.2) is 0 Å². The summed E-state index contributed by atoms with van der Waals surface area (Å²) < 4.78 is 0. The molecule has 0 unspecified atom stereocenters. The van der Waals surface area contributed by atoms with Crippen LogP contribution in [0.4, 0.5) is 5.82 Å². The van der Waals surface area contributed by atoms with Gasteiger partial charge in [-0.3, -0.25) is 0 Å². The summed E-state index contributed by atoms with van der Waals surface area (Å²) in [5, 5.41) is 0. The van der Waals surface area contributed by atoms with Crippen molar-refractivity contribution in [2.45, 2.75) is 59.0 Å². The lowest BCUT2D eigenvalue weighted by Gasteiger charge is -2.39. The van der Waals surface area contributed by atoms with Gasteiger partial charge in [0.2, 0.25) is 0 Å². The molecule has 106 valence electrons. The molecule has 3 heteroatoms. The largest absolute Gasteiger partial charge is 0.356 e. The number of aryl methyl sites for hydroxylation is 1. The SMILES string of the molecule is Cc1ccnc(N(C)C2CCC(C)(C)CC2)c1CN. The van der Waals surface area contributed by atoms with Crippen molar-refractivity contribution < 1.29 is 0 Å². The van der Waals surface area contributed by atoms with E-state index in [-0.39, 0.29) is 0 Å². The van der Waals surface area contributed by atoms with E-state index in [1.807, 2.05) is 12.3 Å². The van der Waals surface area contributed by atoms with Crippen molar-refractivity contribution in [1.29, 1.82) is 0 Å². The number of nitrogens with zero attached hydrogens (tertiary/aromatic N) is 2. The Hall–Kier alpha value is -1.09. The molecule has 19 heavy (non-hydrogen) atoms. The third kappa shape index (κ3) is 3.08. The smallest absolute Gasteiger partial charge is 0.133 e. The Kier molecular flexibility index (Phi) is 4.14. The summed E-state index contributed by atoms with van der Waals surface area (Å²) in [4.78, 5) is 6.92. The summed E-state index contributed by atoms with van der Waals surface area (Å²) >= 11 is 0. The Labute approximate surface area is 117 Å². The van der Waals surface area contributed by atoms with Crippen LogP contribution in [-0.4, -0.2) is 18.1 Å². The molecular formula is C16H27N3. The quantitative estimate of drug-likeness (QED) is 0.908. The van der Waals surface area contributed by atoms with Crippen LogP contribution in [0.3, 0.4) is 0 Å². The van der Waals surface area contributed by atoms with Gasteiger partial charge in [0.1, 0.15) is 5.82 Å². The highest BCUT2D eigenvalue weighted by atomic mass is 15.2. The molecule has 0 bridgehead atoms. The molecule has 0 spiro atoms. The minimum Gasteiger partial charge on any atom is -0.356 e. The summed E-state index contributed by atoms with van der Waals surface area (Å²) in [5.41, 5.74) is 8.84. The van der Waals surface area contributed by atoms with Crippen LogP contribution in [0, 0.1) is 12.3 Å². The maximum absolute atomic E-state index is 5.90. The minimum absolute atomic E-state index is 0.508. The molecule has 1 aliphatic rings. The van der Waals surface area contributed by atoms with Crippen molar-refractivity contribution in [2.75, 3.05) is 11.9 Å². The summed E-state index contributed by atoms with van der Waals surface area (Å²) in [6.45, 7) is 7.43. The standard InChI is InChI=1S/C16H27N3/c1-12-7-10-18-15(14(12)11-17)19(4)13-5-8-16(2,3)9-6-13/h7,10,13H,5-6,8-9,11,17H2,1-4H3. The van der Waals surface area contributed by atoms with Gasteiger partial charge >= 0.3 is 0 Å². The van der Waals surface area contributed by atoms with Crippen molar-refractivity contribution in [3.63, 3.8) is 0 Å². The fourth-order valence-electron chi connectivity index (χ4n) is 3.08. The highest BCUT2D eigenvalue weighted by molar-refractivity contribution is 5.50. The average Bonchev–Trinajstić information content (AvgIpc) is 2.37. The van der Waals surface area contributed by atoms with Gasteiger partial charge in [0.25, 0.3) is 0 Å². The molecule has 0 saturated heterocycles.